The Morgan fingerprint density at radius 3 is 2.44 bits per heavy atom. The minimum atomic E-state index is -4.78. The molecule has 0 spiro atoms. The van der Waals surface area contributed by atoms with Crippen LogP contribution < -0.4 is 4.72 Å². The number of halogens is 2. The van der Waals surface area contributed by atoms with Crippen molar-refractivity contribution in [1.29, 1.82) is 0 Å². The summed E-state index contributed by atoms with van der Waals surface area (Å²) >= 11 is 0. The molecule has 0 aliphatic carbocycles. The number of carboxylic acids is 1. The summed E-state index contributed by atoms with van der Waals surface area (Å²) in [5.74, 6) is -5.20. The molecule has 9 heteroatoms. The lowest BCUT2D eigenvalue weighted by molar-refractivity contribution is 0.0696. The maximum Gasteiger partial charge on any atom is 0.355 e. The third-order valence-electron chi connectivity index (χ3n) is 1.49. The molecule has 2 N–H and O–H groups in total. The van der Waals surface area contributed by atoms with Gasteiger partial charge < -0.3 is 5.11 Å². The molecule has 1 aromatic heterocycles. The number of hydrogen-bond acceptors (Lipinski definition) is 4. The number of nitrogens with zero attached hydrogens (tertiary/aromatic N) is 1. The number of nitrogens with one attached hydrogen (secondary N) is 1. The van der Waals surface area contributed by atoms with E-state index in [0.29, 0.717) is 0 Å². The lowest BCUT2D eigenvalue weighted by Crippen LogP contribution is -2.21. The molecule has 1 aromatic rings. The molecule has 1 rings (SSSR count). The molecule has 0 saturated carbocycles. The number of sulfonamides is 1. The molecule has 0 unspecified atom stereocenters. The van der Waals surface area contributed by atoms with E-state index in [4.69, 9.17) is 5.11 Å². The number of pyridine rings is 1. The van der Waals surface area contributed by atoms with Gasteiger partial charge in [0.1, 0.15) is 5.82 Å². The summed E-state index contributed by atoms with van der Waals surface area (Å²) < 4.78 is 46.8. The minimum absolute atomic E-state index is 0.181. The van der Waals surface area contributed by atoms with Gasteiger partial charge in [0.2, 0.25) is 0 Å². The van der Waals surface area contributed by atoms with E-state index >= 15 is 0 Å². The number of alkyl halides is 2. The number of anilines is 1. The van der Waals surface area contributed by atoms with Crippen molar-refractivity contribution in [2.24, 2.45) is 0 Å². The summed E-state index contributed by atoms with van der Waals surface area (Å²) in [5.41, 5.74) is -0.181. The van der Waals surface area contributed by atoms with Crippen molar-refractivity contribution in [1.82, 2.24) is 4.98 Å². The monoisotopic (exact) mass is 252 g/mol. The lowest BCUT2D eigenvalue weighted by Gasteiger charge is -2.05. The standard InChI is InChI=1S/C7H6F2N2O4S/c8-7(9)16(14,15)11-5-2-1-4(3-10-5)6(12)13/h1-3,7H,(H,10,11)(H,12,13). The van der Waals surface area contributed by atoms with E-state index in [1.165, 1.54) is 4.72 Å². The normalized spacial score (nSPS) is 11.4. The average Bonchev–Trinajstić information content (AvgIpc) is 2.17. The second kappa shape index (κ2) is 4.39. The third-order valence-corrected chi connectivity index (χ3v) is 2.45. The largest absolute Gasteiger partial charge is 0.478 e. The van der Waals surface area contributed by atoms with Crippen LogP contribution in [0.3, 0.4) is 0 Å². The van der Waals surface area contributed by atoms with Gasteiger partial charge in [0.25, 0.3) is 10.0 Å². The van der Waals surface area contributed by atoms with Crippen LogP contribution in [0.15, 0.2) is 18.3 Å². The van der Waals surface area contributed by atoms with Gasteiger partial charge in [-0.2, -0.15) is 8.78 Å². The van der Waals surface area contributed by atoms with E-state index in [2.05, 4.69) is 4.98 Å². The van der Waals surface area contributed by atoms with Gasteiger partial charge in [-0.1, -0.05) is 0 Å². The first-order chi connectivity index (χ1) is 7.33. The maximum absolute atomic E-state index is 11.9. The van der Waals surface area contributed by atoms with Gasteiger partial charge in [0.15, 0.2) is 0 Å². The van der Waals surface area contributed by atoms with Gasteiger partial charge in [-0.15, -0.1) is 0 Å². The van der Waals surface area contributed by atoms with Gasteiger partial charge in [-0.3, -0.25) is 4.72 Å². The molecule has 0 aromatic carbocycles. The smallest absolute Gasteiger partial charge is 0.355 e. The molecule has 0 saturated heterocycles. The SMILES string of the molecule is O=C(O)c1ccc(NS(=O)(=O)C(F)F)nc1. The van der Waals surface area contributed by atoms with Crippen molar-refractivity contribution >= 4 is 21.8 Å². The molecule has 0 amide bonds. The Kier molecular flexibility index (Phi) is 3.38. The van der Waals surface area contributed by atoms with E-state index in [-0.39, 0.29) is 11.4 Å². The summed E-state index contributed by atoms with van der Waals surface area (Å²) in [6.07, 6.45) is 0.853. The molecule has 1 heterocycles. The number of carboxylic acid groups (broad SMARTS) is 1. The molecule has 0 atom stereocenters. The van der Waals surface area contributed by atoms with Gasteiger partial charge in [0.05, 0.1) is 5.56 Å². The quantitative estimate of drug-likeness (QED) is 0.824. The van der Waals surface area contributed by atoms with Crippen molar-refractivity contribution in [3.63, 3.8) is 0 Å². The number of aromatic carboxylic acids is 1. The molecule has 0 radical (unpaired) electrons. The first-order valence-electron chi connectivity index (χ1n) is 3.82. The van der Waals surface area contributed by atoms with Crippen molar-refractivity contribution < 1.29 is 27.1 Å². The summed E-state index contributed by atoms with van der Waals surface area (Å²) in [6, 6.07) is 2.02. The molecule has 6 nitrogen and oxygen atoms in total. The second-order valence-electron chi connectivity index (χ2n) is 2.64. The number of rotatable bonds is 4. The van der Waals surface area contributed by atoms with Crippen LogP contribution in [0.2, 0.25) is 0 Å². The van der Waals surface area contributed by atoms with Crippen molar-refractivity contribution in [2.45, 2.75) is 5.76 Å². The predicted octanol–water partition coefficient (Wildman–Crippen LogP) is 0.744. The highest BCUT2D eigenvalue weighted by molar-refractivity contribution is 7.92. The van der Waals surface area contributed by atoms with Crippen molar-refractivity contribution in [3.05, 3.63) is 23.9 Å². The van der Waals surface area contributed by atoms with Gasteiger partial charge in [-0.25, -0.2) is 18.2 Å². The summed E-state index contributed by atoms with van der Waals surface area (Å²) in [7, 11) is -4.78. The highest BCUT2D eigenvalue weighted by Gasteiger charge is 2.24. The van der Waals surface area contributed by atoms with E-state index in [9.17, 15) is 22.0 Å². The Morgan fingerprint density at radius 2 is 2.06 bits per heavy atom. The molecular formula is C7H6F2N2O4S. The van der Waals surface area contributed by atoms with Gasteiger partial charge in [0, 0.05) is 6.20 Å². The Bertz CT molecular complexity index is 486. The molecule has 16 heavy (non-hydrogen) atoms. The third kappa shape index (κ3) is 2.86. The van der Waals surface area contributed by atoms with E-state index < -0.39 is 21.8 Å². The van der Waals surface area contributed by atoms with Crippen LogP contribution in [0.5, 0.6) is 0 Å². The van der Waals surface area contributed by atoms with Crippen molar-refractivity contribution in [3.8, 4) is 0 Å². The fraction of sp³-hybridized carbons (Fsp3) is 0.143. The van der Waals surface area contributed by atoms with Crippen molar-refractivity contribution in [2.75, 3.05) is 4.72 Å². The van der Waals surface area contributed by atoms with Crippen LogP contribution in [0, 0.1) is 0 Å². The van der Waals surface area contributed by atoms with Crippen LogP contribution in [0.1, 0.15) is 10.4 Å². The minimum Gasteiger partial charge on any atom is -0.478 e. The second-order valence-corrected chi connectivity index (χ2v) is 4.30. The van der Waals surface area contributed by atoms with Crippen LogP contribution in [0.25, 0.3) is 0 Å². The molecular weight excluding hydrogens is 246 g/mol. The number of aromatic nitrogens is 1. The maximum atomic E-state index is 11.9. The first kappa shape index (κ1) is 12.3. The highest BCUT2D eigenvalue weighted by Crippen LogP contribution is 2.11. The fourth-order valence-corrected chi connectivity index (χ4v) is 1.27. The molecule has 0 bridgehead atoms. The zero-order valence-corrected chi connectivity index (χ0v) is 8.41. The molecule has 0 aliphatic heterocycles. The molecule has 0 fully saturated rings. The van der Waals surface area contributed by atoms with Crippen LogP contribution in [0.4, 0.5) is 14.6 Å². The molecule has 0 aliphatic rings. The Morgan fingerprint density at radius 1 is 1.44 bits per heavy atom. The topological polar surface area (TPSA) is 96.4 Å². The van der Waals surface area contributed by atoms with E-state index in [0.717, 1.165) is 18.3 Å². The Labute approximate surface area is 89.0 Å². The van der Waals surface area contributed by atoms with Gasteiger partial charge in [-0.05, 0) is 12.1 Å². The first-order valence-corrected chi connectivity index (χ1v) is 5.36. The van der Waals surface area contributed by atoms with Crippen LogP contribution >= 0.6 is 0 Å². The fourth-order valence-electron chi connectivity index (χ4n) is 0.771. The highest BCUT2D eigenvalue weighted by atomic mass is 32.2. The zero-order chi connectivity index (χ0) is 12.3. The summed E-state index contributed by atoms with van der Waals surface area (Å²) in [5, 5.41) is 8.50. The number of hydrogen-bond donors (Lipinski definition) is 2. The number of carbonyl (C=O) groups is 1. The lowest BCUT2D eigenvalue weighted by atomic mass is 10.3. The summed E-state index contributed by atoms with van der Waals surface area (Å²) in [6.45, 7) is 0. The average molecular weight is 252 g/mol. The Balaban J connectivity index is 2.89. The Hall–Kier alpha value is -1.77. The van der Waals surface area contributed by atoms with Crippen LogP contribution in [-0.4, -0.2) is 30.2 Å². The predicted molar refractivity (Wildman–Crippen MR) is 49.7 cm³/mol. The van der Waals surface area contributed by atoms with Gasteiger partial charge >= 0.3 is 11.7 Å². The molecule has 88 valence electrons. The van der Waals surface area contributed by atoms with Crippen LogP contribution in [-0.2, 0) is 10.0 Å². The zero-order valence-electron chi connectivity index (χ0n) is 7.59. The summed E-state index contributed by atoms with van der Waals surface area (Å²) in [4.78, 5) is 13.8. The van der Waals surface area contributed by atoms with E-state index in [1.807, 2.05) is 0 Å². The van der Waals surface area contributed by atoms with E-state index in [1.54, 1.807) is 0 Å².